The molecule has 0 aliphatic rings. The van der Waals surface area contributed by atoms with Crippen LogP contribution in [0.25, 0.3) is 110 Å². The Bertz CT molecular complexity index is 3580. The van der Waals surface area contributed by atoms with E-state index in [2.05, 4.69) is 30.3 Å². The Labute approximate surface area is 343 Å². The van der Waals surface area contributed by atoms with Gasteiger partial charge in [0.25, 0.3) is 0 Å². The Morgan fingerprint density at radius 2 is 0.684 bits per heavy atom. The molecule has 0 fully saturated rings. The molecule has 0 bridgehead atoms. The quantitative estimate of drug-likeness (QED) is 0.155. The van der Waals surface area contributed by atoms with E-state index in [1.807, 2.05) is 127 Å². The summed E-state index contributed by atoms with van der Waals surface area (Å²) in [5, 5.41) is 2.59. The van der Waals surface area contributed by atoms with Crippen LogP contribution < -0.4 is 0 Å². The van der Waals surface area contributed by atoms with Gasteiger partial charge in [-0.25, -0.2) is 0 Å². The first-order chi connectivity index (χ1) is 31.6. The molecule has 11 aromatic rings. The van der Waals surface area contributed by atoms with Gasteiger partial charge in [-0.2, -0.15) is 0 Å². The fourth-order valence-corrected chi connectivity index (χ4v) is 8.40. The van der Waals surface area contributed by atoms with Crippen LogP contribution >= 0.6 is 0 Å². The molecule has 0 saturated carbocycles. The van der Waals surface area contributed by atoms with E-state index in [4.69, 9.17) is 9.90 Å². The van der Waals surface area contributed by atoms with E-state index in [9.17, 15) is 5.48 Å². The topological polar surface area (TPSA) is 13.1 Å². The van der Waals surface area contributed by atoms with Crippen LogP contribution in [-0.2, 0) is 0 Å². The lowest BCUT2D eigenvalue weighted by Crippen LogP contribution is -1.96. The van der Waals surface area contributed by atoms with Crippen LogP contribution in [0, 0.1) is 0 Å². The number of para-hydroxylation sites is 1. The molecule has 0 amide bonds. The second-order valence-electron chi connectivity index (χ2n) is 14.2. The molecule has 0 saturated heterocycles. The van der Waals surface area contributed by atoms with Crippen molar-refractivity contribution in [2.24, 2.45) is 0 Å². The van der Waals surface area contributed by atoms with Crippen molar-refractivity contribution in [1.82, 2.24) is 0 Å². The van der Waals surface area contributed by atoms with E-state index >= 15 is 0 Å². The van der Waals surface area contributed by atoms with Gasteiger partial charge in [0.05, 0.1) is 11.0 Å². The minimum Gasteiger partial charge on any atom is -0.455 e. The minimum absolute atomic E-state index is 0.163. The van der Waals surface area contributed by atoms with Gasteiger partial charge in [0, 0.05) is 16.3 Å². The van der Waals surface area contributed by atoms with Gasteiger partial charge >= 0.3 is 0 Å². The Kier molecular flexibility index (Phi) is 6.13. The maximum Gasteiger partial charge on any atom is 0.143 e. The lowest BCUT2D eigenvalue weighted by atomic mass is 9.81. The summed E-state index contributed by atoms with van der Waals surface area (Å²) in [6.07, 6.45) is 0. The molecular formula is C56H36O. The van der Waals surface area contributed by atoms with Crippen molar-refractivity contribution >= 4 is 43.5 Å². The first-order valence-corrected chi connectivity index (χ1v) is 18.9. The largest absolute Gasteiger partial charge is 0.455 e. The smallest absolute Gasteiger partial charge is 0.143 e. The molecular weight excluding hydrogens is 689 g/mol. The molecule has 0 spiro atoms. The molecule has 0 aliphatic heterocycles. The van der Waals surface area contributed by atoms with E-state index in [1.165, 1.54) is 0 Å². The molecule has 57 heavy (non-hydrogen) atoms. The zero-order valence-electron chi connectivity index (χ0n) is 38.6. The molecule has 1 heterocycles. The summed E-state index contributed by atoms with van der Waals surface area (Å²) in [7, 11) is 0. The van der Waals surface area contributed by atoms with Crippen LogP contribution in [0.3, 0.4) is 0 Å². The molecule has 1 nitrogen and oxygen atoms in total. The summed E-state index contributed by atoms with van der Waals surface area (Å²) in [6.45, 7) is 0. The molecule has 0 atom stereocenters. The Hall–Kier alpha value is -7.48. The lowest BCUT2D eigenvalue weighted by Gasteiger charge is -2.22. The summed E-state index contributed by atoms with van der Waals surface area (Å²) >= 11 is 0. The highest BCUT2D eigenvalue weighted by Crippen LogP contribution is 2.50. The van der Waals surface area contributed by atoms with Crippen LogP contribution in [0.5, 0.6) is 0 Å². The fourth-order valence-electron chi connectivity index (χ4n) is 8.40. The van der Waals surface area contributed by atoms with Crippen LogP contribution in [0.1, 0.15) is 11.0 Å². The Morgan fingerprint density at radius 1 is 0.298 bits per heavy atom. The van der Waals surface area contributed by atoms with Gasteiger partial charge in [0.15, 0.2) is 0 Å². The number of rotatable bonds is 6. The molecule has 0 unspecified atom stereocenters. The SMILES string of the molecule is [2H]c1c([2H])c([2H])c2c(-c3cc(-c4ccccc4)c(-c4cc(-c5ccccc5)c5oc6ccccc6c5c4)c(-c4ccccc4)c3)c3c([2H])c([2H])c([2H])c([2H])c3c(-c3ccccc3)c2c1[2H]. The molecule has 0 aliphatic carbocycles. The number of hydrogen-bond acceptors (Lipinski definition) is 1. The number of fused-ring (bicyclic) bond motifs is 5. The first kappa shape index (κ1) is 25.6. The highest BCUT2D eigenvalue weighted by molar-refractivity contribution is 6.22. The van der Waals surface area contributed by atoms with Gasteiger partial charge in [-0.05, 0) is 113 Å². The third kappa shape index (κ3) is 5.55. The molecule has 1 heteroatoms. The van der Waals surface area contributed by atoms with Gasteiger partial charge < -0.3 is 4.42 Å². The molecule has 0 N–H and O–H groups in total. The van der Waals surface area contributed by atoms with E-state index in [-0.39, 0.29) is 51.3 Å². The van der Waals surface area contributed by atoms with Crippen molar-refractivity contribution in [3.05, 3.63) is 218 Å². The molecule has 10 aromatic carbocycles. The number of hydrogen-bond donors (Lipinski definition) is 0. The zero-order chi connectivity index (χ0) is 44.7. The average molecular weight is 733 g/mol. The molecule has 11 rings (SSSR count). The molecule has 1 aromatic heterocycles. The maximum atomic E-state index is 9.62. The summed E-state index contributed by atoms with van der Waals surface area (Å²) in [6, 6.07) is 52.6. The van der Waals surface area contributed by atoms with Crippen molar-refractivity contribution < 1.29 is 15.4 Å². The van der Waals surface area contributed by atoms with Crippen molar-refractivity contribution in [1.29, 1.82) is 0 Å². The number of benzene rings is 10. The normalized spacial score (nSPS) is 13.5. The second kappa shape index (κ2) is 13.7. The monoisotopic (exact) mass is 732 g/mol. The molecule has 0 radical (unpaired) electrons. The standard InChI is InChI=1S/C56H36O/c1-5-19-37(20-6-1)48-33-41(54-46-30-15-13-28-44(46)53(40-25-11-4-12-26-40)45-29-14-16-31-47(45)54)34-49(38-21-7-2-8-22-38)55(48)42-35-50(39-23-9-3-10-24-39)56-51(36-42)43-27-17-18-32-52(43)57-56/h1-36H/i13D,14D,15D,16D,28D,29D,30D,31D. The summed E-state index contributed by atoms with van der Waals surface area (Å²) in [4.78, 5) is 0. The summed E-state index contributed by atoms with van der Waals surface area (Å²) in [5.41, 5.74) is 10.3. The van der Waals surface area contributed by atoms with Gasteiger partial charge in [0.1, 0.15) is 11.2 Å². The summed E-state index contributed by atoms with van der Waals surface area (Å²) in [5.74, 6) is 0. The van der Waals surface area contributed by atoms with Crippen LogP contribution in [0.4, 0.5) is 0 Å². The minimum atomic E-state index is -0.444. The van der Waals surface area contributed by atoms with Crippen molar-refractivity contribution in [2.45, 2.75) is 0 Å². The zero-order valence-corrected chi connectivity index (χ0v) is 30.6. The Balaban J connectivity index is 1.37. The van der Waals surface area contributed by atoms with Gasteiger partial charge in [-0.1, -0.05) is 188 Å². The predicted octanol–water partition coefficient (Wildman–Crippen LogP) is 15.9. The highest BCUT2D eigenvalue weighted by Gasteiger charge is 2.23. The van der Waals surface area contributed by atoms with E-state index < -0.39 is 24.2 Å². The maximum absolute atomic E-state index is 9.62. The van der Waals surface area contributed by atoms with Gasteiger partial charge in [-0.15, -0.1) is 0 Å². The highest BCUT2D eigenvalue weighted by atomic mass is 16.3. The van der Waals surface area contributed by atoms with Crippen molar-refractivity contribution in [3.8, 4) is 66.8 Å². The van der Waals surface area contributed by atoms with Crippen molar-refractivity contribution in [2.75, 3.05) is 0 Å². The predicted molar refractivity (Wildman–Crippen MR) is 241 cm³/mol. The van der Waals surface area contributed by atoms with E-state index in [0.717, 1.165) is 66.4 Å². The average Bonchev–Trinajstić information content (AvgIpc) is 3.74. The third-order valence-corrected chi connectivity index (χ3v) is 10.9. The second-order valence-corrected chi connectivity index (χ2v) is 14.2. The van der Waals surface area contributed by atoms with Gasteiger partial charge in [-0.3, -0.25) is 0 Å². The van der Waals surface area contributed by atoms with Crippen LogP contribution in [0.2, 0.25) is 0 Å². The van der Waals surface area contributed by atoms with Crippen LogP contribution in [0.15, 0.2) is 223 Å². The third-order valence-electron chi connectivity index (χ3n) is 10.9. The van der Waals surface area contributed by atoms with E-state index in [1.54, 1.807) is 12.1 Å². The van der Waals surface area contributed by atoms with Crippen molar-refractivity contribution in [3.63, 3.8) is 0 Å². The van der Waals surface area contributed by atoms with Crippen LogP contribution in [-0.4, -0.2) is 0 Å². The first-order valence-electron chi connectivity index (χ1n) is 22.9. The van der Waals surface area contributed by atoms with E-state index in [0.29, 0.717) is 16.7 Å². The summed E-state index contributed by atoms with van der Waals surface area (Å²) < 4.78 is 80.7. The number of furan rings is 1. The van der Waals surface area contributed by atoms with Gasteiger partial charge in [0.2, 0.25) is 0 Å². The Morgan fingerprint density at radius 3 is 1.19 bits per heavy atom. The fraction of sp³-hybridized carbons (Fsp3) is 0. The molecule has 266 valence electrons. The lowest BCUT2D eigenvalue weighted by molar-refractivity contribution is 0.670.